The van der Waals surface area contributed by atoms with Gasteiger partial charge in [-0.3, -0.25) is 9.59 Å². The summed E-state index contributed by atoms with van der Waals surface area (Å²) >= 11 is 3.08. The van der Waals surface area contributed by atoms with E-state index in [4.69, 9.17) is 0 Å². The van der Waals surface area contributed by atoms with Gasteiger partial charge in [-0.1, -0.05) is 0 Å². The summed E-state index contributed by atoms with van der Waals surface area (Å²) in [7, 11) is 1.22. The second-order valence-electron chi connectivity index (χ2n) is 2.84. The van der Waals surface area contributed by atoms with Gasteiger partial charge in [-0.05, 0) is 34.1 Å². The van der Waals surface area contributed by atoms with Crippen molar-refractivity contribution in [3.8, 4) is 5.75 Å². The second-order valence-corrected chi connectivity index (χ2v) is 3.70. The van der Waals surface area contributed by atoms with Crippen LogP contribution >= 0.6 is 15.9 Å². The van der Waals surface area contributed by atoms with Crippen molar-refractivity contribution in [2.45, 2.75) is 6.42 Å². The van der Waals surface area contributed by atoms with E-state index >= 15 is 0 Å². The number of halogens is 1. The van der Waals surface area contributed by atoms with E-state index in [1.807, 2.05) is 0 Å². The zero-order chi connectivity index (χ0) is 11.4. The Morgan fingerprint density at radius 3 is 2.67 bits per heavy atom. The number of methoxy groups -OCH3 is 1. The number of Topliss-reactive ketones (excluding diaryl/α,β-unsaturated/α-hetero) is 1. The molecule has 0 aliphatic carbocycles. The fourth-order valence-corrected chi connectivity index (χ4v) is 1.36. The predicted octanol–water partition coefficient (Wildman–Crippen LogP) is 1.90. The maximum absolute atomic E-state index is 11.5. The minimum atomic E-state index is -0.579. The smallest absolute Gasteiger partial charge is 0.313 e. The van der Waals surface area contributed by atoms with Gasteiger partial charge in [0.05, 0.1) is 11.6 Å². The van der Waals surface area contributed by atoms with E-state index in [2.05, 4.69) is 20.7 Å². The lowest BCUT2D eigenvalue weighted by molar-refractivity contribution is -0.139. The van der Waals surface area contributed by atoms with Crippen LogP contribution < -0.4 is 0 Å². The van der Waals surface area contributed by atoms with Crippen molar-refractivity contribution in [3.63, 3.8) is 0 Å². The van der Waals surface area contributed by atoms with Crippen molar-refractivity contribution in [2.75, 3.05) is 7.11 Å². The highest BCUT2D eigenvalue weighted by Gasteiger charge is 2.12. The van der Waals surface area contributed by atoms with Crippen LogP contribution in [0.2, 0.25) is 0 Å². The Balaban J connectivity index is 2.83. The van der Waals surface area contributed by atoms with E-state index < -0.39 is 5.97 Å². The summed E-state index contributed by atoms with van der Waals surface area (Å²) in [6.07, 6.45) is -0.298. The molecule has 0 aliphatic rings. The van der Waals surface area contributed by atoms with E-state index in [0.717, 1.165) is 0 Å². The van der Waals surface area contributed by atoms with Gasteiger partial charge in [0.1, 0.15) is 12.2 Å². The van der Waals surface area contributed by atoms with Crippen molar-refractivity contribution < 1.29 is 19.4 Å². The number of carbonyl (C=O) groups is 2. The van der Waals surface area contributed by atoms with Gasteiger partial charge in [0.2, 0.25) is 0 Å². The van der Waals surface area contributed by atoms with Crippen LogP contribution in [0.5, 0.6) is 5.75 Å². The molecule has 1 rings (SSSR count). The maximum atomic E-state index is 11.5. The predicted molar refractivity (Wildman–Crippen MR) is 56.8 cm³/mol. The Kier molecular flexibility index (Phi) is 3.85. The second kappa shape index (κ2) is 4.93. The standard InChI is InChI=1S/C10H9BrO4/c1-15-10(14)5-9(13)6-2-3-8(12)7(11)4-6/h2-4,12H,5H2,1H3. The molecule has 0 spiro atoms. The van der Waals surface area contributed by atoms with Gasteiger partial charge in [-0.2, -0.15) is 0 Å². The minimum Gasteiger partial charge on any atom is -0.507 e. The van der Waals surface area contributed by atoms with Crippen molar-refractivity contribution >= 4 is 27.7 Å². The number of hydrogen-bond acceptors (Lipinski definition) is 4. The highest BCUT2D eigenvalue weighted by Crippen LogP contribution is 2.24. The molecule has 0 fully saturated rings. The number of phenolic OH excluding ortho intramolecular Hbond substituents is 1. The first-order valence-corrected chi connectivity index (χ1v) is 4.92. The average Bonchev–Trinajstić information content (AvgIpc) is 2.21. The molecule has 15 heavy (non-hydrogen) atoms. The Morgan fingerprint density at radius 1 is 1.47 bits per heavy atom. The first-order valence-electron chi connectivity index (χ1n) is 4.13. The molecule has 0 aromatic heterocycles. The molecule has 1 aromatic rings. The lowest BCUT2D eigenvalue weighted by Crippen LogP contribution is -2.09. The summed E-state index contributed by atoms with van der Waals surface area (Å²) in [4.78, 5) is 22.3. The Morgan fingerprint density at radius 2 is 2.13 bits per heavy atom. The Hall–Kier alpha value is -1.36. The summed E-state index contributed by atoms with van der Waals surface area (Å²) < 4.78 is 4.79. The first-order chi connectivity index (χ1) is 7.04. The lowest BCUT2D eigenvalue weighted by atomic mass is 10.1. The highest BCUT2D eigenvalue weighted by molar-refractivity contribution is 9.10. The molecule has 5 heteroatoms. The van der Waals surface area contributed by atoms with Gasteiger partial charge >= 0.3 is 5.97 Å². The number of ether oxygens (including phenoxy) is 1. The number of aromatic hydroxyl groups is 1. The Labute approximate surface area is 95.0 Å². The number of phenols is 1. The SMILES string of the molecule is COC(=O)CC(=O)c1ccc(O)c(Br)c1. The molecule has 0 aliphatic heterocycles. The summed E-state index contributed by atoms with van der Waals surface area (Å²) in [5, 5.41) is 9.20. The quantitative estimate of drug-likeness (QED) is 0.519. The van der Waals surface area contributed by atoms with Gasteiger partial charge in [0.15, 0.2) is 5.78 Å². The van der Waals surface area contributed by atoms with Gasteiger partial charge < -0.3 is 9.84 Å². The van der Waals surface area contributed by atoms with Crippen molar-refractivity contribution in [3.05, 3.63) is 28.2 Å². The third-order valence-corrected chi connectivity index (χ3v) is 2.44. The first kappa shape index (κ1) is 11.7. The fourth-order valence-electron chi connectivity index (χ4n) is 0.986. The Bertz CT molecular complexity index is 400. The number of ketones is 1. The monoisotopic (exact) mass is 272 g/mol. The van der Waals surface area contributed by atoms with Gasteiger partial charge in [-0.15, -0.1) is 0 Å². The molecule has 1 aromatic carbocycles. The molecule has 0 bridgehead atoms. The number of esters is 1. The van der Waals surface area contributed by atoms with Crippen LogP contribution in [-0.2, 0) is 9.53 Å². The summed E-state index contributed by atoms with van der Waals surface area (Å²) in [6, 6.07) is 4.29. The van der Waals surface area contributed by atoms with E-state index in [1.165, 1.54) is 25.3 Å². The largest absolute Gasteiger partial charge is 0.507 e. The summed E-state index contributed by atoms with van der Waals surface area (Å²) in [6.45, 7) is 0. The van der Waals surface area contributed by atoms with Crippen molar-refractivity contribution in [1.82, 2.24) is 0 Å². The van der Waals surface area contributed by atoms with E-state index in [9.17, 15) is 14.7 Å². The zero-order valence-corrected chi connectivity index (χ0v) is 9.58. The number of benzene rings is 1. The molecular formula is C10H9BrO4. The molecule has 0 amide bonds. The third kappa shape index (κ3) is 3.06. The van der Waals surface area contributed by atoms with E-state index in [1.54, 1.807) is 0 Å². The van der Waals surface area contributed by atoms with Crippen LogP contribution in [0.4, 0.5) is 0 Å². The van der Waals surface area contributed by atoms with Gasteiger partial charge in [0, 0.05) is 5.56 Å². The van der Waals surface area contributed by atoms with Gasteiger partial charge in [0.25, 0.3) is 0 Å². The number of rotatable bonds is 3. The van der Waals surface area contributed by atoms with Crippen LogP contribution in [0.3, 0.4) is 0 Å². The van der Waals surface area contributed by atoms with Crippen LogP contribution in [0.15, 0.2) is 22.7 Å². The zero-order valence-electron chi connectivity index (χ0n) is 7.99. The van der Waals surface area contributed by atoms with E-state index in [0.29, 0.717) is 10.0 Å². The van der Waals surface area contributed by atoms with E-state index in [-0.39, 0.29) is 18.0 Å². The molecule has 0 heterocycles. The number of carbonyl (C=O) groups excluding carboxylic acids is 2. The molecule has 0 radical (unpaired) electrons. The molecule has 4 nitrogen and oxygen atoms in total. The molecule has 0 saturated heterocycles. The summed E-state index contributed by atoms with van der Waals surface area (Å²) in [5.41, 5.74) is 0.352. The topological polar surface area (TPSA) is 63.6 Å². The molecule has 0 unspecified atom stereocenters. The highest BCUT2D eigenvalue weighted by atomic mass is 79.9. The average molecular weight is 273 g/mol. The van der Waals surface area contributed by atoms with Crippen LogP contribution in [0, 0.1) is 0 Å². The fraction of sp³-hybridized carbons (Fsp3) is 0.200. The lowest BCUT2D eigenvalue weighted by Gasteiger charge is -2.02. The van der Waals surface area contributed by atoms with Crippen LogP contribution in [0.1, 0.15) is 16.8 Å². The summed E-state index contributed by atoms with van der Waals surface area (Å²) in [5.74, 6) is -0.878. The minimum absolute atomic E-state index is 0.0459. The molecule has 0 atom stereocenters. The third-order valence-electron chi connectivity index (χ3n) is 1.80. The number of hydrogen-bond donors (Lipinski definition) is 1. The molecule has 1 N–H and O–H groups in total. The van der Waals surface area contributed by atoms with Gasteiger partial charge in [-0.25, -0.2) is 0 Å². The molecule has 0 saturated carbocycles. The molecular weight excluding hydrogens is 264 g/mol. The molecule has 80 valence electrons. The van der Waals surface area contributed by atoms with Crippen LogP contribution in [-0.4, -0.2) is 24.0 Å². The van der Waals surface area contributed by atoms with Crippen molar-refractivity contribution in [2.24, 2.45) is 0 Å². The van der Waals surface area contributed by atoms with Crippen LogP contribution in [0.25, 0.3) is 0 Å². The van der Waals surface area contributed by atoms with Crippen molar-refractivity contribution in [1.29, 1.82) is 0 Å². The maximum Gasteiger partial charge on any atom is 0.313 e. The normalized spacial score (nSPS) is 9.73.